The van der Waals surface area contributed by atoms with E-state index in [4.69, 9.17) is 26.6 Å². The molecule has 0 saturated carbocycles. The van der Waals surface area contributed by atoms with Crippen molar-refractivity contribution in [1.82, 2.24) is 9.55 Å². The van der Waals surface area contributed by atoms with E-state index >= 15 is 0 Å². The quantitative estimate of drug-likeness (QED) is 0.315. The molecular formula is C18H42N2O7Si2. The average molecular weight is 455 g/mol. The summed E-state index contributed by atoms with van der Waals surface area (Å²) < 4.78 is 36.4. The molecule has 0 aromatic heterocycles. The topological polar surface area (TPSA) is 87.7 Å². The molecule has 9 nitrogen and oxygen atoms in total. The third-order valence-electron chi connectivity index (χ3n) is 4.39. The fraction of sp³-hybridized carbons (Fsp3) is 0.944. The molecule has 11 heteroatoms. The number of hydrogen-bond acceptors (Lipinski definition) is 8. The van der Waals surface area contributed by atoms with Gasteiger partial charge < -0.3 is 31.5 Å². The van der Waals surface area contributed by atoms with Crippen molar-refractivity contribution in [3.8, 4) is 0 Å². The molecule has 0 aliphatic rings. The van der Waals surface area contributed by atoms with Crippen LogP contribution >= 0.6 is 0 Å². The molecular weight excluding hydrogens is 412 g/mol. The number of rotatable bonds is 18. The van der Waals surface area contributed by atoms with Gasteiger partial charge in [0.2, 0.25) is 5.91 Å². The minimum atomic E-state index is -3.23. The molecule has 1 atom stereocenters. The lowest BCUT2D eigenvalue weighted by molar-refractivity contribution is -0.125. The lowest BCUT2D eigenvalue weighted by atomic mass is 10.0. The second-order valence-electron chi connectivity index (χ2n) is 6.41. The highest BCUT2D eigenvalue weighted by Crippen LogP contribution is 2.21. The van der Waals surface area contributed by atoms with E-state index in [1.54, 1.807) is 0 Å². The highest BCUT2D eigenvalue weighted by atomic mass is 28.4. The van der Waals surface area contributed by atoms with Crippen LogP contribution < -0.4 is 4.98 Å². The molecule has 0 rings (SSSR count). The first-order valence-electron chi connectivity index (χ1n) is 10.5. The second kappa shape index (κ2) is 15.4. The smallest absolute Gasteiger partial charge is 0.361 e. The monoisotopic (exact) mass is 454 g/mol. The van der Waals surface area contributed by atoms with Crippen molar-refractivity contribution >= 4 is 23.8 Å². The summed E-state index contributed by atoms with van der Waals surface area (Å²) in [5.74, 6) is -0.482. The molecule has 0 radical (unpaired) electrons. The Morgan fingerprint density at radius 3 is 1.69 bits per heavy atom. The van der Waals surface area contributed by atoms with Crippen LogP contribution in [0.2, 0.25) is 0 Å². The Hall–Kier alpha value is -0.376. The van der Waals surface area contributed by atoms with Gasteiger partial charge in [-0.3, -0.25) is 9.36 Å². The SMILES string of the molecule is CCCC(CN(CCC)[Si](OCC)(OCC)OCC)C(=O)N[Si](OC)(OC)OC. The van der Waals surface area contributed by atoms with Crippen LogP contribution in [-0.2, 0) is 31.4 Å². The Bertz CT molecular complexity index is 417. The summed E-state index contributed by atoms with van der Waals surface area (Å²) in [5.41, 5.74) is 0. The fourth-order valence-electron chi connectivity index (χ4n) is 3.13. The number of nitrogens with one attached hydrogen (secondary N) is 1. The Morgan fingerprint density at radius 1 is 0.862 bits per heavy atom. The molecule has 0 heterocycles. The molecule has 174 valence electrons. The molecule has 0 fully saturated rings. The zero-order valence-corrected chi connectivity index (χ0v) is 21.5. The first-order chi connectivity index (χ1) is 13.9. The minimum absolute atomic E-state index is 0.169. The van der Waals surface area contributed by atoms with Crippen molar-refractivity contribution in [2.24, 2.45) is 5.92 Å². The number of nitrogens with zero attached hydrogens (tertiary/aromatic N) is 1. The van der Waals surface area contributed by atoms with Crippen LogP contribution in [0.25, 0.3) is 0 Å². The van der Waals surface area contributed by atoms with E-state index in [0.717, 1.165) is 12.8 Å². The standard InChI is InChI=1S/C18H42N2O7Si2/c1-9-14-17(18(21)19-28(22-6,23-7)24-8)16-20(15-10-2)29(25-11-3,26-12-4)27-13-5/h17H,9-16H2,1-8H3,(H,19,21). The van der Waals surface area contributed by atoms with Gasteiger partial charge in [-0.15, -0.1) is 0 Å². The zero-order chi connectivity index (χ0) is 22.3. The van der Waals surface area contributed by atoms with Crippen molar-refractivity contribution in [1.29, 1.82) is 0 Å². The predicted octanol–water partition coefficient (Wildman–Crippen LogP) is 2.15. The number of carbonyl (C=O) groups excluding carboxylic acids is 1. The molecule has 0 aromatic rings. The van der Waals surface area contributed by atoms with E-state index in [1.807, 2.05) is 20.8 Å². The van der Waals surface area contributed by atoms with Crippen molar-refractivity contribution < 1.29 is 31.4 Å². The van der Waals surface area contributed by atoms with Gasteiger partial charge in [0, 0.05) is 53.6 Å². The van der Waals surface area contributed by atoms with Crippen LogP contribution in [0.3, 0.4) is 0 Å². The summed E-state index contributed by atoms with van der Waals surface area (Å²) in [5, 5.41) is 0. The second-order valence-corrected chi connectivity index (χ2v) is 11.5. The predicted molar refractivity (Wildman–Crippen MR) is 116 cm³/mol. The largest absolute Gasteiger partial charge is 0.632 e. The Labute approximate surface area is 179 Å². The van der Waals surface area contributed by atoms with E-state index in [-0.39, 0.29) is 11.8 Å². The van der Waals surface area contributed by atoms with Gasteiger partial charge in [0.05, 0.1) is 0 Å². The van der Waals surface area contributed by atoms with E-state index in [9.17, 15) is 4.79 Å². The molecule has 1 N–H and O–H groups in total. The molecule has 0 aromatic carbocycles. The van der Waals surface area contributed by atoms with Crippen molar-refractivity contribution in [3.05, 3.63) is 0 Å². The van der Waals surface area contributed by atoms with Gasteiger partial charge >= 0.3 is 17.9 Å². The summed E-state index contributed by atoms with van der Waals surface area (Å²) >= 11 is 0. The summed E-state index contributed by atoms with van der Waals surface area (Å²) in [7, 11) is -1.93. The molecule has 0 aliphatic carbocycles. The van der Waals surface area contributed by atoms with Crippen LogP contribution in [0, 0.1) is 5.92 Å². The molecule has 0 aliphatic heterocycles. The number of amides is 1. The van der Waals surface area contributed by atoms with Crippen molar-refractivity contribution in [2.75, 3.05) is 54.2 Å². The summed E-state index contributed by atoms with van der Waals surface area (Å²) in [6, 6.07) is 0. The lowest BCUT2D eigenvalue weighted by Gasteiger charge is -2.39. The van der Waals surface area contributed by atoms with Gasteiger partial charge in [0.1, 0.15) is 0 Å². The van der Waals surface area contributed by atoms with Gasteiger partial charge in [-0.25, -0.2) is 0 Å². The van der Waals surface area contributed by atoms with Crippen LogP contribution in [0.1, 0.15) is 53.9 Å². The summed E-state index contributed by atoms with van der Waals surface area (Å²) in [6.07, 6.45) is 2.43. The number of carbonyl (C=O) groups is 1. The molecule has 29 heavy (non-hydrogen) atoms. The number of hydrogen-bond donors (Lipinski definition) is 1. The van der Waals surface area contributed by atoms with E-state index < -0.39 is 17.9 Å². The molecule has 0 spiro atoms. The first kappa shape index (κ1) is 28.6. The average Bonchev–Trinajstić information content (AvgIpc) is 2.71. The van der Waals surface area contributed by atoms with Crippen molar-refractivity contribution in [3.63, 3.8) is 0 Å². The Morgan fingerprint density at radius 2 is 1.34 bits per heavy atom. The Kier molecular flexibility index (Phi) is 15.2. The third-order valence-corrected chi connectivity index (χ3v) is 9.70. The zero-order valence-electron chi connectivity index (χ0n) is 19.5. The molecule has 1 unspecified atom stereocenters. The fourth-order valence-corrected chi connectivity index (χ4v) is 7.28. The van der Waals surface area contributed by atoms with Crippen LogP contribution in [0.5, 0.6) is 0 Å². The maximum absolute atomic E-state index is 13.1. The van der Waals surface area contributed by atoms with Gasteiger partial charge in [0.25, 0.3) is 0 Å². The van der Waals surface area contributed by atoms with E-state index in [2.05, 4.69) is 23.4 Å². The van der Waals surface area contributed by atoms with E-state index in [0.29, 0.717) is 39.3 Å². The van der Waals surface area contributed by atoms with Gasteiger partial charge in [-0.1, -0.05) is 20.3 Å². The third kappa shape index (κ3) is 8.71. The normalized spacial score (nSPS) is 13.7. The van der Waals surface area contributed by atoms with Gasteiger partial charge in [-0.05, 0) is 40.2 Å². The summed E-state index contributed by atoms with van der Waals surface area (Å²) in [6.45, 7) is 12.5. The molecule has 0 bridgehead atoms. The van der Waals surface area contributed by atoms with Crippen LogP contribution in [-0.4, -0.2) is 82.6 Å². The van der Waals surface area contributed by atoms with Crippen LogP contribution in [0.4, 0.5) is 0 Å². The summed E-state index contributed by atoms with van der Waals surface area (Å²) in [4.78, 5) is 16.0. The maximum atomic E-state index is 13.1. The van der Waals surface area contributed by atoms with Gasteiger partial charge in [-0.2, -0.15) is 0 Å². The van der Waals surface area contributed by atoms with Crippen LogP contribution in [0.15, 0.2) is 0 Å². The van der Waals surface area contributed by atoms with E-state index in [1.165, 1.54) is 21.3 Å². The van der Waals surface area contributed by atoms with Gasteiger partial charge in [0.15, 0.2) is 0 Å². The molecule has 1 amide bonds. The minimum Gasteiger partial charge on any atom is -0.361 e. The maximum Gasteiger partial charge on any atom is 0.632 e. The highest BCUT2D eigenvalue weighted by Gasteiger charge is 2.50. The van der Waals surface area contributed by atoms with Crippen molar-refractivity contribution in [2.45, 2.75) is 53.9 Å². The highest BCUT2D eigenvalue weighted by molar-refractivity contribution is 6.60. The first-order valence-corrected chi connectivity index (χ1v) is 13.9. The lowest BCUT2D eigenvalue weighted by Crippen LogP contribution is -2.64. The molecule has 0 saturated heterocycles. The Balaban J connectivity index is 5.73.